The molecule has 0 bridgehead atoms. The second-order valence-electron chi connectivity index (χ2n) is 4.96. The quantitative estimate of drug-likeness (QED) is 0.627. The SMILES string of the molecule is [2H]C1CC([2H])(n2c(C)nc3cccc(N)c3c2=O)C(=O)CC1=O. The molecule has 1 aromatic heterocycles. The van der Waals surface area contributed by atoms with Crippen molar-refractivity contribution in [3.63, 3.8) is 0 Å². The summed E-state index contributed by atoms with van der Waals surface area (Å²) in [5.74, 6) is -1.05. The molecule has 1 aromatic carbocycles. The van der Waals surface area contributed by atoms with Gasteiger partial charge in [0, 0.05) is 13.5 Å². The van der Waals surface area contributed by atoms with Crippen LogP contribution in [0, 0.1) is 6.92 Å². The van der Waals surface area contributed by atoms with E-state index in [-0.39, 0.29) is 23.3 Å². The zero-order valence-electron chi connectivity index (χ0n) is 13.4. The molecule has 0 spiro atoms. The molecule has 1 aliphatic rings. The number of aromatic nitrogens is 2. The van der Waals surface area contributed by atoms with Crippen LogP contribution in [0.1, 0.15) is 33.8 Å². The Bertz CT molecular complexity index is 909. The molecule has 3 rings (SSSR count). The van der Waals surface area contributed by atoms with E-state index in [9.17, 15) is 14.4 Å². The van der Waals surface area contributed by atoms with Gasteiger partial charge in [-0.15, -0.1) is 0 Å². The van der Waals surface area contributed by atoms with Gasteiger partial charge in [-0.3, -0.25) is 19.0 Å². The molecule has 6 heteroatoms. The molecule has 2 atom stereocenters. The minimum Gasteiger partial charge on any atom is -0.398 e. The highest BCUT2D eigenvalue weighted by molar-refractivity contribution is 6.03. The lowest BCUT2D eigenvalue weighted by Gasteiger charge is -2.24. The van der Waals surface area contributed by atoms with Gasteiger partial charge in [-0.1, -0.05) is 6.07 Å². The molecule has 0 aliphatic heterocycles. The lowest BCUT2D eigenvalue weighted by Crippen LogP contribution is -2.36. The molecule has 2 aromatic rings. The number of ketones is 2. The van der Waals surface area contributed by atoms with E-state index in [2.05, 4.69) is 4.98 Å². The number of aryl methyl sites for hydroxylation is 1. The summed E-state index contributed by atoms with van der Waals surface area (Å²) in [6.45, 7) is 1.52. The molecule has 2 unspecified atom stereocenters. The van der Waals surface area contributed by atoms with Crippen molar-refractivity contribution in [1.82, 2.24) is 9.55 Å². The highest BCUT2D eigenvalue weighted by Gasteiger charge is 2.30. The molecule has 1 aliphatic carbocycles. The van der Waals surface area contributed by atoms with E-state index in [1.165, 1.54) is 6.92 Å². The van der Waals surface area contributed by atoms with Gasteiger partial charge in [0.1, 0.15) is 11.6 Å². The molecule has 0 amide bonds. The summed E-state index contributed by atoms with van der Waals surface area (Å²) in [6, 6.07) is 2.82. The fourth-order valence-corrected chi connectivity index (χ4v) is 2.56. The third-order valence-electron chi connectivity index (χ3n) is 3.55. The van der Waals surface area contributed by atoms with E-state index in [0.29, 0.717) is 5.52 Å². The first-order valence-electron chi connectivity index (χ1n) is 7.60. The second kappa shape index (κ2) is 4.80. The van der Waals surface area contributed by atoms with Crippen LogP contribution in [0.5, 0.6) is 0 Å². The number of nitrogens with two attached hydrogens (primary N) is 1. The average Bonchev–Trinajstić information content (AvgIpc) is 2.45. The fraction of sp³-hybridized carbons (Fsp3) is 0.333. The van der Waals surface area contributed by atoms with Gasteiger partial charge in [0.05, 0.1) is 24.7 Å². The monoisotopic (exact) mass is 287 g/mol. The first-order valence-corrected chi connectivity index (χ1v) is 6.52. The van der Waals surface area contributed by atoms with Crippen LogP contribution in [0.25, 0.3) is 10.9 Å². The van der Waals surface area contributed by atoms with Gasteiger partial charge >= 0.3 is 0 Å². The lowest BCUT2D eigenvalue weighted by atomic mass is 9.92. The first kappa shape index (κ1) is 11.2. The topological polar surface area (TPSA) is 95.1 Å². The number of Topliss-reactive ketones (excluding diaryl/α,β-unsaturated/α-hetero) is 2. The van der Waals surface area contributed by atoms with Crippen molar-refractivity contribution in [1.29, 1.82) is 0 Å². The average molecular weight is 287 g/mol. The van der Waals surface area contributed by atoms with Crippen molar-refractivity contribution in [2.45, 2.75) is 32.2 Å². The molecule has 21 heavy (non-hydrogen) atoms. The zero-order valence-corrected chi connectivity index (χ0v) is 11.4. The lowest BCUT2D eigenvalue weighted by molar-refractivity contribution is -0.132. The zero-order chi connectivity index (χ0) is 16.9. The van der Waals surface area contributed by atoms with Crippen molar-refractivity contribution in [2.75, 3.05) is 5.73 Å². The van der Waals surface area contributed by atoms with Crippen molar-refractivity contribution in [3.05, 3.63) is 34.4 Å². The van der Waals surface area contributed by atoms with Gasteiger partial charge in [0.2, 0.25) is 0 Å². The van der Waals surface area contributed by atoms with Crippen LogP contribution in [-0.4, -0.2) is 21.1 Å². The summed E-state index contributed by atoms with van der Waals surface area (Å²) in [6.07, 6.45) is -2.10. The minimum absolute atomic E-state index is 0.135. The highest BCUT2D eigenvalue weighted by Crippen LogP contribution is 2.24. The third-order valence-corrected chi connectivity index (χ3v) is 3.55. The minimum atomic E-state index is -2.01. The molecular formula is C15H15N3O3. The second-order valence-corrected chi connectivity index (χ2v) is 4.96. The summed E-state index contributed by atoms with van der Waals surface area (Å²) < 4.78 is 17.2. The van der Waals surface area contributed by atoms with Crippen LogP contribution in [-0.2, 0) is 9.59 Å². The molecular weight excluding hydrogens is 270 g/mol. The van der Waals surface area contributed by atoms with E-state index < -0.39 is 36.0 Å². The number of carbonyl (C=O) groups excluding carboxylic acids is 2. The fourth-order valence-electron chi connectivity index (χ4n) is 2.56. The van der Waals surface area contributed by atoms with Crippen LogP contribution < -0.4 is 11.3 Å². The molecule has 0 saturated heterocycles. The number of rotatable bonds is 1. The largest absolute Gasteiger partial charge is 0.398 e. The third kappa shape index (κ3) is 2.12. The smallest absolute Gasteiger partial charge is 0.264 e. The highest BCUT2D eigenvalue weighted by atomic mass is 16.2. The maximum Gasteiger partial charge on any atom is 0.264 e. The van der Waals surface area contributed by atoms with Gasteiger partial charge in [-0.2, -0.15) is 0 Å². The molecule has 1 fully saturated rings. The predicted molar refractivity (Wildman–Crippen MR) is 78.1 cm³/mol. The number of anilines is 1. The van der Waals surface area contributed by atoms with Crippen LogP contribution >= 0.6 is 0 Å². The van der Waals surface area contributed by atoms with Gasteiger partial charge in [0.15, 0.2) is 5.78 Å². The van der Waals surface area contributed by atoms with Crippen molar-refractivity contribution in [2.24, 2.45) is 0 Å². The Labute approximate surface area is 123 Å². The summed E-state index contributed by atoms with van der Waals surface area (Å²) in [5.41, 5.74) is 5.83. The number of nitrogens with zero attached hydrogens (tertiary/aromatic N) is 2. The molecule has 2 N–H and O–H groups in total. The van der Waals surface area contributed by atoms with Gasteiger partial charge in [-0.05, 0) is 25.5 Å². The number of benzene rings is 1. The van der Waals surface area contributed by atoms with Crippen LogP contribution in [0.15, 0.2) is 23.0 Å². The Morgan fingerprint density at radius 1 is 1.43 bits per heavy atom. The van der Waals surface area contributed by atoms with Crippen molar-refractivity contribution >= 4 is 28.2 Å². The Morgan fingerprint density at radius 2 is 2.19 bits per heavy atom. The Morgan fingerprint density at radius 3 is 2.95 bits per heavy atom. The number of fused-ring (bicyclic) bond motifs is 1. The standard InChI is InChI=1S/C15H15N3O3/c1-8-17-11-4-2-3-10(16)14(11)15(21)18(8)12-6-5-9(19)7-13(12)20/h2-4,12H,5-7,16H2,1H3/i5D,12D. The summed E-state index contributed by atoms with van der Waals surface area (Å²) in [4.78, 5) is 40.9. The van der Waals surface area contributed by atoms with Gasteiger partial charge < -0.3 is 5.73 Å². The van der Waals surface area contributed by atoms with Crippen molar-refractivity contribution in [3.8, 4) is 0 Å². The number of hydrogen-bond donors (Lipinski definition) is 1. The summed E-state index contributed by atoms with van der Waals surface area (Å²) in [7, 11) is 0. The number of hydrogen-bond acceptors (Lipinski definition) is 5. The van der Waals surface area contributed by atoms with E-state index >= 15 is 0 Å². The van der Waals surface area contributed by atoms with E-state index in [1.54, 1.807) is 18.2 Å². The van der Waals surface area contributed by atoms with E-state index in [0.717, 1.165) is 4.57 Å². The van der Waals surface area contributed by atoms with E-state index in [1.807, 2.05) is 0 Å². The molecule has 6 nitrogen and oxygen atoms in total. The summed E-state index contributed by atoms with van der Waals surface area (Å²) >= 11 is 0. The van der Waals surface area contributed by atoms with Gasteiger partial charge in [-0.25, -0.2) is 4.98 Å². The van der Waals surface area contributed by atoms with E-state index in [4.69, 9.17) is 8.48 Å². The first-order chi connectivity index (χ1) is 10.8. The number of nitrogen functional groups attached to an aromatic ring is 1. The number of carbonyl (C=O) groups is 2. The normalized spacial score (nSPS) is 27.6. The van der Waals surface area contributed by atoms with Gasteiger partial charge in [0.25, 0.3) is 5.56 Å². The van der Waals surface area contributed by atoms with Crippen LogP contribution in [0.4, 0.5) is 5.69 Å². The molecule has 108 valence electrons. The summed E-state index contributed by atoms with van der Waals surface area (Å²) in [5, 5.41) is 0.135. The predicted octanol–water partition coefficient (Wildman–Crippen LogP) is 1.15. The Hall–Kier alpha value is -2.50. The van der Waals surface area contributed by atoms with Crippen LogP contribution in [0.2, 0.25) is 0 Å². The Kier molecular flexibility index (Phi) is 2.56. The molecule has 1 saturated carbocycles. The molecule has 0 radical (unpaired) electrons. The molecule has 1 heterocycles. The van der Waals surface area contributed by atoms with Crippen LogP contribution in [0.3, 0.4) is 0 Å². The maximum atomic E-state index is 12.8. The van der Waals surface area contributed by atoms with Crippen molar-refractivity contribution < 1.29 is 12.3 Å². The maximum absolute atomic E-state index is 12.8. The Balaban J connectivity index is 2.32.